The second kappa shape index (κ2) is 10.0. The van der Waals surface area contributed by atoms with Crippen LogP contribution in [0.15, 0.2) is 35.3 Å². The van der Waals surface area contributed by atoms with Crippen molar-refractivity contribution in [1.82, 2.24) is 9.88 Å². The molecule has 0 spiro atoms. The number of hydrogen-bond donors (Lipinski definition) is 3. The van der Waals surface area contributed by atoms with Gasteiger partial charge in [-0.1, -0.05) is 11.6 Å². The minimum absolute atomic E-state index is 0.100. The first-order valence-corrected chi connectivity index (χ1v) is 10.4. The number of esters is 1. The number of nitrogens with one attached hydrogen (secondary N) is 2. The van der Waals surface area contributed by atoms with Gasteiger partial charge in [0.15, 0.2) is 0 Å². The van der Waals surface area contributed by atoms with E-state index in [-0.39, 0.29) is 35.0 Å². The number of nitrogens with two attached hydrogens (primary N) is 1. The van der Waals surface area contributed by atoms with E-state index in [2.05, 4.69) is 10.6 Å². The molecule has 4 N–H and O–H groups in total. The molecule has 1 fully saturated rings. The Morgan fingerprint density at radius 2 is 2.09 bits per heavy atom. The summed E-state index contributed by atoms with van der Waals surface area (Å²) in [5.74, 6) is -2.78. The van der Waals surface area contributed by atoms with E-state index < -0.39 is 47.5 Å². The van der Waals surface area contributed by atoms with Crippen LogP contribution in [0.5, 0.6) is 0 Å². The normalized spacial score (nSPS) is 18.5. The van der Waals surface area contributed by atoms with Crippen molar-refractivity contribution >= 4 is 40.8 Å². The molecule has 10 nitrogen and oxygen atoms in total. The van der Waals surface area contributed by atoms with E-state index in [0.717, 1.165) is 16.8 Å². The van der Waals surface area contributed by atoms with Gasteiger partial charge in [0.2, 0.25) is 12.2 Å². The lowest BCUT2D eigenvalue weighted by atomic mass is 10.2. The summed E-state index contributed by atoms with van der Waals surface area (Å²) in [5, 5.41) is 5.05. The Balaban J connectivity index is 1.80. The Morgan fingerprint density at radius 3 is 2.76 bits per heavy atom. The molecule has 3 atom stereocenters. The zero-order valence-electron chi connectivity index (χ0n) is 17.8. The summed E-state index contributed by atoms with van der Waals surface area (Å²) in [6.07, 6.45) is -0.213. The quantitative estimate of drug-likeness (QED) is 0.405. The molecule has 0 radical (unpaired) electrons. The molecule has 0 aliphatic carbocycles. The number of hydrogen-bond acceptors (Lipinski definition) is 7. The van der Waals surface area contributed by atoms with Crippen molar-refractivity contribution in [3.63, 3.8) is 0 Å². The van der Waals surface area contributed by atoms with E-state index in [1.807, 2.05) is 0 Å². The van der Waals surface area contributed by atoms with Crippen LogP contribution in [0, 0.1) is 5.82 Å². The molecular formula is C21H22ClFN4O6. The van der Waals surface area contributed by atoms with E-state index in [1.54, 1.807) is 6.92 Å². The molecule has 3 rings (SSSR count). The van der Waals surface area contributed by atoms with Gasteiger partial charge >= 0.3 is 5.97 Å². The van der Waals surface area contributed by atoms with Crippen molar-refractivity contribution in [2.45, 2.75) is 38.6 Å². The molecule has 3 unspecified atom stereocenters. The maximum Gasteiger partial charge on any atom is 0.310 e. The van der Waals surface area contributed by atoms with Gasteiger partial charge in [-0.25, -0.2) is 4.39 Å². The average Bonchev–Trinajstić information content (AvgIpc) is 3.10. The summed E-state index contributed by atoms with van der Waals surface area (Å²) < 4.78 is 25.4. The Bertz CT molecular complexity index is 1150. The standard InChI is InChI=1S/C21H22ClFN4O6/c1-3-32-21-16(8-17(28)33-21)26-18(29)10(2)27-9-12(23)7-15(20(27)31)25-19(30)11-4-5-14(24)13(22)6-11/h4-7,9-10,16,21H,3,8,24H2,1-2H3,(H,25,30)(H,26,29). The van der Waals surface area contributed by atoms with Gasteiger partial charge in [-0.2, -0.15) is 0 Å². The van der Waals surface area contributed by atoms with Crippen LogP contribution < -0.4 is 21.9 Å². The molecule has 176 valence electrons. The summed E-state index contributed by atoms with van der Waals surface area (Å²) in [4.78, 5) is 49.6. The molecule has 1 aromatic heterocycles. The molecule has 1 aromatic carbocycles. The van der Waals surface area contributed by atoms with Gasteiger partial charge in [-0.3, -0.25) is 23.7 Å². The number of benzene rings is 1. The predicted octanol–water partition coefficient (Wildman–Crippen LogP) is 1.83. The van der Waals surface area contributed by atoms with Crippen LogP contribution in [0.25, 0.3) is 0 Å². The largest absolute Gasteiger partial charge is 0.433 e. The molecule has 2 aromatic rings. The number of carbonyl (C=O) groups is 3. The average molecular weight is 481 g/mol. The number of halogens is 2. The minimum Gasteiger partial charge on any atom is -0.433 e. The molecule has 12 heteroatoms. The van der Waals surface area contributed by atoms with Gasteiger partial charge in [0.25, 0.3) is 11.5 Å². The number of ether oxygens (including phenoxy) is 2. The lowest BCUT2D eigenvalue weighted by Gasteiger charge is -2.22. The topological polar surface area (TPSA) is 142 Å². The second-order valence-corrected chi connectivity index (χ2v) is 7.69. The molecule has 0 bridgehead atoms. The van der Waals surface area contributed by atoms with Crippen molar-refractivity contribution < 1.29 is 28.2 Å². The molecule has 0 saturated carbocycles. The fourth-order valence-corrected chi connectivity index (χ4v) is 3.39. The Morgan fingerprint density at radius 1 is 1.36 bits per heavy atom. The third-order valence-corrected chi connectivity index (χ3v) is 5.27. The Kier molecular flexibility index (Phi) is 7.34. The Hall–Kier alpha value is -3.44. The highest BCUT2D eigenvalue weighted by Gasteiger charge is 2.37. The van der Waals surface area contributed by atoms with Crippen LogP contribution in [-0.4, -0.2) is 41.3 Å². The second-order valence-electron chi connectivity index (χ2n) is 7.28. The zero-order valence-corrected chi connectivity index (χ0v) is 18.5. The van der Waals surface area contributed by atoms with Crippen LogP contribution in [0.1, 0.15) is 36.7 Å². The first-order chi connectivity index (χ1) is 15.6. The molecule has 2 heterocycles. The summed E-state index contributed by atoms with van der Waals surface area (Å²) in [5.41, 5.74) is 4.80. The van der Waals surface area contributed by atoms with Crippen LogP contribution in [-0.2, 0) is 19.1 Å². The van der Waals surface area contributed by atoms with Crippen LogP contribution >= 0.6 is 11.6 Å². The molecule has 1 aliphatic rings. The van der Waals surface area contributed by atoms with Gasteiger partial charge in [-0.15, -0.1) is 0 Å². The van der Waals surface area contributed by atoms with E-state index in [4.69, 9.17) is 26.8 Å². The monoisotopic (exact) mass is 480 g/mol. The molecule has 2 amide bonds. The molecule has 1 saturated heterocycles. The van der Waals surface area contributed by atoms with Crippen molar-refractivity contribution in [2.24, 2.45) is 0 Å². The van der Waals surface area contributed by atoms with Crippen molar-refractivity contribution in [3.8, 4) is 0 Å². The van der Waals surface area contributed by atoms with Crippen molar-refractivity contribution in [1.29, 1.82) is 0 Å². The highest BCUT2D eigenvalue weighted by atomic mass is 35.5. The lowest BCUT2D eigenvalue weighted by Crippen LogP contribution is -2.45. The zero-order chi connectivity index (χ0) is 24.3. The number of anilines is 2. The number of carbonyl (C=O) groups excluding carboxylic acids is 3. The number of aromatic nitrogens is 1. The number of pyridine rings is 1. The predicted molar refractivity (Wildman–Crippen MR) is 117 cm³/mol. The highest BCUT2D eigenvalue weighted by Crippen LogP contribution is 2.21. The van der Waals surface area contributed by atoms with Crippen molar-refractivity contribution in [3.05, 3.63) is 57.2 Å². The fourth-order valence-electron chi connectivity index (χ4n) is 3.21. The maximum atomic E-state index is 14.3. The number of cyclic esters (lactones) is 1. The molecule has 1 aliphatic heterocycles. The lowest BCUT2D eigenvalue weighted by molar-refractivity contribution is -0.164. The number of amides is 2. The Labute approximate surface area is 192 Å². The van der Waals surface area contributed by atoms with E-state index in [0.29, 0.717) is 0 Å². The van der Waals surface area contributed by atoms with Crippen LogP contribution in [0.2, 0.25) is 5.02 Å². The summed E-state index contributed by atoms with van der Waals surface area (Å²) in [6, 6.07) is 3.03. The first kappa shape index (κ1) is 24.2. The van der Waals surface area contributed by atoms with Crippen LogP contribution in [0.3, 0.4) is 0 Å². The maximum absolute atomic E-state index is 14.3. The van der Waals surface area contributed by atoms with Gasteiger partial charge in [0.05, 0.1) is 17.1 Å². The highest BCUT2D eigenvalue weighted by molar-refractivity contribution is 6.33. The van der Waals surface area contributed by atoms with Gasteiger partial charge in [0.1, 0.15) is 23.6 Å². The number of rotatable bonds is 7. The molecule has 33 heavy (non-hydrogen) atoms. The fraction of sp³-hybridized carbons (Fsp3) is 0.333. The third-order valence-electron chi connectivity index (χ3n) is 4.94. The van der Waals surface area contributed by atoms with Gasteiger partial charge in [0, 0.05) is 24.4 Å². The summed E-state index contributed by atoms with van der Waals surface area (Å²) >= 11 is 5.91. The van der Waals surface area contributed by atoms with Crippen molar-refractivity contribution in [2.75, 3.05) is 17.7 Å². The number of nitrogen functional groups attached to an aromatic ring is 1. The van der Waals surface area contributed by atoms with Gasteiger partial charge in [-0.05, 0) is 32.0 Å². The van der Waals surface area contributed by atoms with Gasteiger partial charge < -0.3 is 25.8 Å². The summed E-state index contributed by atoms with van der Waals surface area (Å²) in [7, 11) is 0. The van der Waals surface area contributed by atoms with E-state index in [9.17, 15) is 23.6 Å². The first-order valence-electron chi connectivity index (χ1n) is 10.00. The smallest absolute Gasteiger partial charge is 0.310 e. The molecular weight excluding hydrogens is 459 g/mol. The minimum atomic E-state index is -1.17. The van der Waals surface area contributed by atoms with E-state index >= 15 is 0 Å². The summed E-state index contributed by atoms with van der Waals surface area (Å²) in [6.45, 7) is 3.33. The number of nitrogens with zero attached hydrogens (tertiary/aromatic N) is 1. The third kappa shape index (κ3) is 5.49. The van der Waals surface area contributed by atoms with Crippen LogP contribution in [0.4, 0.5) is 15.8 Å². The SMILES string of the molecule is CCOC1OC(=O)CC1NC(=O)C(C)n1cc(F)cc(NC(=O)c2ccc(N)c(Cl)c2)c1=O. The van der Waals surface area contributed by atoms with E-state index in [1.165, 1.54) is 25.1 Å².